The number of amides is 1. The topological polar surface area (TPSA) is 63.5 Å². The van der Waals surface area contributed by atoms with Crippen LogP contribution in [0.4, 0.5) is 4.39 Å². The molecule has 0 bridgehead atoms. The Morgan fingerprint density at radius 1 is 1.21 bits per heavy atom. The van der Waals surface area contributed by atoms with E-state index in [2.05, 4.69) is 21.3 Å². The Morgan fingerprint density at radius 2 is 2.06 bits per heavy atom. The zero-order valence-electron chi connectivity index (χ0n) is 19.0. The summed E-state index contributed by atoms with van der Waals surface area (Å²) in [5.41, 5.74) is 5.53. The molecule has 2 aliphatic heterocycles. The standard InChI is InChI=1S/C25H28FN5O2/c1-17-16-33-12-11-30(17)25(32)24-18(2)31(28-27-24)23-8-4-6-20-15-29(10-9-22(20)23)14-19-5-3-7-21(26)13-19/h3-8,13,17H,9-12,14-16H2,1-2H3/t17-/m0/s1. The number of rotatable bonds is 4. The Balaban J connectivity index is 1.38. The van der Waals surface area contributed by atoms with Crippen molar-refractivity contribution >= 4 is 5.91 Å². The van der Waals surface area contributed by atoms with E-state index in [1.165, 1.54) is 17.2 Å². The van der Waals surface area contributed by atoms with Gasteiger partial charge in [-0.1, -0.05) is 29.5 Å². The number of carbonyl (C=O) groups is 1. The molecule has 5 rings (SSSR count). The molecule has 3 heterocycles. The maximum absolute atomic E-state index is 13.6. The molecule has 0 radical (unpaired) electrons. The van der Waals surface area contributed by atoms with Crippen molar-refractivity contribution in [2.75, 3.05) is 26.3 Å². The van der Waals surface area contributed by atoms with Crippen LogP contribution in [0.15, 0.2) is 42.5 Å². The molecular weight excluding hydrogens is 421 g/mol. The maximum Gasteiger partial charge on any atom is 0.276 e. The molecule has 33 heavy (non-hydrogen) atoms. The first-order valence-corrected chi connectivity index (χ1v) is 11.4. The fourth-order valence-corrected chi connectivity index (χ4v) is 4.80. The molecule has 2 aromatic carbocycles. The zero-order valence-corrected chi connectivity index (χ0v) is 19.0. The third-order valence-electron chi connectivity index (χ3n) is 6.57. The summed E-state index contributed by atoms with van der Waals surface area (Å²) in [6.45, 7) is 7.89. The summed E-state index contributed by atoms with van der Waals surface area (Å²) in [4.78, 5) is 17.3. The fourth-order valence-electron chi connectivity index (χ4n) is 4.80. The molecule has 0 aliphatic carbocycles. The number of benzene rings is 2. The second-order valence-corrected chi connectivity index (χ2v) is 8.86. The first-order valence-electron chi connectivity index (χ1n) is 11.4. The van der Waals surface area contributed by atoms with Crippen LogP contribution in [0, 0.1) is 12.7 Å². The Labute approximate surface area is 192 Å². The fraction of sp³-hybridized carbons (Fsp3) is 0.400. The Bertz CT molecular complexity index is 1180. The lowest BCUT2D eigenvalue weighted by molar-refractivity contribution is 0.00322. The van der Waals surface area contributed by atoms with Gasteiger partial charge < -0.3 is 9.64 Å². The molecule has 0 spiro atoms. The average Bonchev–Trinajstić information content (AvgIpc) is 3.19. The van der Waals surface area contributed by atoms with Crippen molar-refractivity contribution in [3.05, 3.63) is 76.4 Å². The number of fused-ring (bicyclic) bond motifs is 1. The van der Waals surface area contributed by atoms with E-state index in [0.29, 0.717) is 32.0 Å². The SMILES string of the molecule is Cc1c(C(=O)N2CCOC[C@@H]2C)nnn1-c1cccc2c1CCN(Cc1cccc(F)c1)C2. The number of carbonyl (C=O) groups excluding carboxylic acids is 1. The normalized spacial score (nSPS) is 18.9. The van der Waals surface area contributed by atoms with E-state index in [4.69, 9.17) is 4.74 Å². The highest BCUT2D eigenvalue weighted by Crippen LogP contribution is 2.27. The molecule has 7 nitrogen and oxygen atoms in total. The van der Waals surface area contributed by atoms with Crippen molar-refractivity contribution in [2.24, 2.45) is 0 Å². The summed E-state index contributed by atoms with van der Waals surface area (Å²) in [6, 6.07) is 13.0. The first-order chi connectivity index (χ1) is 16.0. The highest BCUT2D eigenvalue weighted by atomic mass is 19.1. The van der Waals surface area contributed by atoms with Crippen molar-refractivity contribution in [2.45, 2.75) is 39.4 Å². The van der Waals surface area contributed by atoms with E-state index in [1.807, 2.05) is 36.9 Å². The van der Waals surface area contributed by atoms with E-state index in [9.17, 15) is 9.18 Å². The van der Waals surface area contributed by atoms with Crippen LogP contribution in [-0.4, -0.2) is 63.0 Å². The lowest BCUT2D eigenvalue weighted by Crippen LogP contribution is -2.47. The summed E-state index contributed by atoms with van der Waals surface area (Å²) >= 11 is 0. The number of aromatic nitrogens is 3. The van der Waals surface area contributed by atoms with Crippen LogP contribution in [0.3, 0.4) is 0 Å². The maximum atomic E-state index is 13.6. The second-order valence-electron chi connectivity index (χ2n) is 8.86. The summed E-state index contributed by atoms with van der Waals surface area (Å²) < 4.78 is 20.8. The number of ether oxygens (including phenoxy) is 1. The lowest BCUT2D eigenvalue weighted by atomic mass is 9.97. The first kappa shape index (κ1) is 21.7. The van der Waals surface area contributed by atoms with Gasteiger partial charge in [0.1, 0.15) is 5.82 Å². The number of nitrogens with zero attached hydrogens (tertiary/aromatic N) is 5. The predicted octanol–water partition coefficient (Wildman–Crippen LogP) is 3.13. The third-order valence-corrected chi connectivity index (χ3v) is 6.57. The molecule has 3 aromatic rings. The van der Waals surface area contributed by atoms with E-state index in [-0.39, 0.29) is 17.8 Å². The minimum Gasteiger partial charge on any atom is -0.377 e. The van der Waals surface area contributed by atoms with E-state index in [1.54, 1.807) is 16.8 Å². The van der Waals surface area contributed by atoms with Crippen molar-refractivity contribution in [3.8, 4) is 5.69 Å². The number of morpholine rings is 1. The monoisotopic (exact) mass is 449 g/mol. The lowest BCUT2D eigenvalue weighted by Gasteiger charge is -2.32. The van der Waals surface area contributed by atoms with E-state index in [0.717, 1.165) is 36.5 Å². The van der Waals surface area contributed by atoms with Crippen LogP contribution in [0.25, 0.3) is 5.69 Å². The van der Waals surface area contributed by atoms with Crippen LogP contribution in [0.5, 0.6) is 0 Å². The highest BCUT2D eigenvalue weighted by molar-refractivity contribution is 5.93. The van der Waals surface area contributed by atoms with Gasteiger partial charge in [0.2, 0.25) is 0 Å². The average molecular weight is 450 g/mol. The van der Waals surface area contributed by atoms with Gasteiger partial charge in [-0.25, -0.2) is 9.07 Å². The molecule has 1 saturated heterocycles. The van der Waals surface area contributed by atoms with Gasteiger partial charge in [-0.2, -0.15) is 0 Å². The smallest absolute Gasteiger partial charge is 0.276 e. The zero-order chi connectivity index (χ0) is 22.9. The largest absolute Gasteiger partial charge is 0.377 e. The van der Waals surface area contributed by atoms with Crippen LogP contribution in [0.1, 0.15) is 39.8 Å². The Kier molecular flexibility index (Phi) is 5.95. The van der Waals surface area contributed by atoms with Gasteiger partial charge in [-0.15, -0.1) is 5.10 Å². The minimum absolute atomic E-state index is 0.0179. The van der Waals surface area contributed by atoms with Gasteiger partial charge in [0.15, 0.2) is 5.69 Å². The molecule has 1 fully saturated rings. The van der Waals surface area contributed by atoms with Gasteiger partial charge >= 0.3 is 0 Å². The summed E-state index contributed by atoms with van der Waals surface area (Å²) in [5.74, 6) is -0.300. The molecule has 172 valence electrons. The van der Waals surface area contributed by atoms with Crippen LogP contribution < -0.4 is 0 Å². The number of hydrogen-bond acceptors (Lipinski definition) is 5. The Hall–Kier alpha value is -3.10. The van der Waals surface area contributed by atoms with Gasteiger partial charge in [0.25, 0.3) is 5.91 Å². The van der Waals surface area contributed by atoms with Gasteiger partial charge in [0.05, 0.1) is 30.6 Å². The minimum atomic E-state index is -0.203. The number of hydrogen-bond donors (Lipinski definition) is 0. The van der Waals surface area contributed by atoms with Crippen molar-refractivity contribution in [1.82, 2.24) is 24.8 Å². The van der Waals surface area contributed by atoms with Gasteiger partial charge in [-0.05, 0) is 55.2 Å². The predicted molar refractivity (Wildman–Crippen MR) is 122 cm³/mol. The van der Waals surface area contributed by atoms with E-state index >= 15 is 0 Å². The number of halogens is 1. The van der Waals surface area contributed by atoms with Crippen molar-refractivity contribution < 1.29 is 13.9 Å². The summed E-state index contributed by atoms with van der Waals surface area (Å²) in [7, 11) is 0. The quantitative estimate of drug-likeness (QED) is 0.612. The van der Waals surface area contributed by atoms with Crippen molar-refractivity contribution in [1.29, 1.82) is 0 Å². The second kappa shape index (κ2) is 9.03. The summed E-state index contributed by atoms with van der Waals surface area (Å²) in [6.07, 6.45) is 0.851. The summed E-state index contributed by atoms with van der Waals surface area (Å²) in [5, 5.41) is 8.63. The van der Waals surface area contributed by atoms with Crippen molar-refractivity contribution in [3.63, 3.8) is 0 Å². The molecule has 0 N–H and O–H groups in total. The van der Waals surface area contributed by atoms with E-state index < -0.39 is 0 Å². The molecular formula is C25H28FN5O2. The van der Waals surface area contributed by atoms with Crippen LogP contribution >= 0.6 is 0 Å². The molecule has 2 aliphatic rings. The molecule has 1 amide bonds. The molecule has 8 heteroatoms. The molecule has 0 unspecified atom stereocenters. The van der Waals surface area contributed by atoms with Crippen LogP contribution in [-0.2, 0) is 24.2 Å². The highest BCUT2D eigenvalue weighted by Gasteiger charge is 2.29. The molecule has 0 saturated carbocycles. The Morgan fingerprint density at radius 3 is 2.88 bits per heavy atom. The molecule has 1 aromatic heterocycles. The van der Waals surface area contributed by atoms with Crippen LogP contribution in [0.2, 0.25) is 0 Å². The third kappa shape index (κ3) is 4.28. The van der Waals surface area contributed by atoms with Gasteiger partial charge in [0, 0.05) is 26.2 Å². The molecule has 1 atom stereocenters. The van der Waals surface area contributed by atoms with Gasteiger partial charge in [-0.3, -0.25) is 9.69 Å².